The summed E-state index contributed by atoms with van der Waals surface area (Å²) in [7, 11) is 0. The molecule has 2 nitrogen and oxygen atoms in total. The average molecular weight is 311 g/mol. The van der Waals surface area contributed by atoms with Crippen molar-refractivity contribution in [2.24, 2.45) is 5.16 Å². The lowest BCUT2D eigenvalue weighted by molar-refractivity contribution is 0.319. The lowest BCUT2D eigenvalue weighted by Gasteiger charge is -2.11. The van der Waals surface area contributed by atoms with Gasteiger partial charge in [-0.3, -0.25) is 0 Å². The SMILES string of the molecule is CC(=NO)c1ccc(-c2cc3ccccc3c3ccccc23)cc1. The molecule has 0 aliphatic heterocycles. The van der Waals surface area contributed by atoms with Crippen molar-refractivity contribution in [1.29, 1.82) is 0 Å². The normalized spacial score (nSPS) is 12.0. The van der Waals surface area contributed by atoms with Crippen molar-refractivity contribution in [2.75, 3.05) is 0 Å². The number of hydrogen-bond acceptors (Lipinski definition) is 2. The van der Waals surface area contributed by atoms with Crippen molar-refractivity contribution < 1.29 is 5.21 Å². The highest BCUT2D eigenvalue weighted by atomic mass is 16.4. The predicted octanol–water partition coefficient (Wildman–Crippen LogP) is 5.86. The fourth-order valence-electron chi connectivity index (χ4n) is 3.24. The zero-order valence-corrected chi connectivity index (χ0v) is 13.4. The highest BCUT2D eigenvalue weighted by Crippen LogP contribution is 2.34. The lowest BCUT2D eigenvalue weighted by Crippen LogP contribution is -1.93. The third-order valence-corrected chi connectivity index (χ3v) is 4.53. The van der Waals surface area contributed by atoms with Crippen molar-refractivity contribution in [3.63, 3.8) is 0 Å². The maximum atomic E-state index is 8.92. The topological polar surface area (TPSA) is 32.6 Å². The molecule has 0 aliphatic rings. The molecule has 0 aromatic heterocycles. The summed E-state index contributed by atoms with van der Waals surface area (Å²) >= 11 is 0. The van der Waals surface area contributed by atoms with Crippen LogP contribution in [0.5, 0.6) is 0 Å². The summed E-state index contributed by atoms with van der Waals surface area (Å²) in [6.45, 7) is 1.79. The summed E-state index contributed by atoms with van der Waals surface area (Å²) in [4.78, 5) is 0. The molecule has 4 aromatic carbocycles. The van der Waals surface area contributed by atoms with Gasteiger partial charge in [0.1, 0.15) is 0 Å². The van der Waals surface area contributed by atoms with Gasteiger partial charge in [-0.2, -0.15) is 0 Å². The second-order valence-electron chi connectivity index (χ2n) is 5.95. The van der Waals surface area contributed by atoms with Crippen LogP contribution >= 0.6 is 0 Å². The van der Waals surface area contributed by atoms with Crippen LogP contribution in [-0.4, -0.2) is 10.9 Å². The van der Waals surface area contributed by atoms with Crippen LogP contribution in [0.3, 0.4) is 0 Å². The molecule has 0 saturated heterocycles. The van der Waals surface area contributed by atoms with E-state index in [1.807, 2.05) is 12.1 Å². The van der Waals surface area contributed by atoms with Crippen molar-refractivity contribution in [2.45, 2.75) is 6.92 Å². The smallest absolute Gasteiger partial charge is 0.0836 e. The minimum Gasteiger partial charge on any atom is -0.411 e. The average Bonchev–Trinajstić information content (AvgIpc) is 2.67. The summed E-state index contributed by atoms with van der Waals surface area (Å²) in [6.07, 6.45) is 0. The highest BCUT2D eigenvalue weighted by Gasteiger charge is 2.08. The molecular weight excluding hydrogens is 294 g/mol. The van der Waals surface area contributed by atoms with E-state index in [0.29, 0.717) is 5.71 Å². The first-order valence-corrected chi connectivity index (χ1v) is 7.98. The zero-order valence-electron chi connectivity index (χ0n) is 13.4. The standard InChI is InChI=1S/C22H17NO/c1-15(23-24)16-10-12-17(13-11-16)22-14-18-6-2-3-7-19(18)20-8-4-5-9-21(20)22/h2-14,24H,1H3. The minimum absolute atomic E-state index is 0.616. The van der Waals surface area contributed by atoms with Crippen molar-refractivity contribution in [1.82, 2.24) is 0 Å². The number of fused-ring (bicyclic) bond motifs is 3. The Labute approximate surface area is 140 Å². The Morgan fingerprint density at radius 2 is 1.38 bits per heavy atom. The van der Waals surface area contributed by atoms with Crippen LogP contribution in [0.15, 0.2) is 84.0 Å². The number of rotatable bonds is 2. The molecule has 0 amide bonds. The molecule has 0 bridgehead atoms. The molecule has 1 N–H and O–H groups in total. The third-order valence-electron chi connectivity index (χ3n) is 4.53. The number of oxime groups is 1. The summed E-state index contributed by atoms with van der Waals surface area (Å²) in [6, 6.07) is 27.4. The van der Waals surface area contributed by atoms with Crippen LogP contribution in [0, 0.1) is 0 Å². The molecule has 0 heterocycles. The van der Waals surface area contributed by atoms with E-state index in [0.717, 1.165) is 11.1 Å². The molecular formula is C22H17NO. The van der Waals surface area contributed by atoms with Gasteiger partial charge in [0.15, 0.2) is 0 Å². The number of benzene rings is 4. The van der Waals surface area contributed by atoms with Gasteiger partial charge < -0.3 is 5.21 Å². The Morgan fingerprint density at radius 1 is 0.750 bits per heavy atom. The molecule has 0 aliphatic carbocycles. The Balaban J connectivity index is 1.98. The zero-order chi connectivity index (χ0) is 16.5. The first-order chi connectivity index (χ1) is 11.8. The fourth-order valence-corrected chi connectivity index (χ4v) is 3.24. The Hall–Kier alpha value is -3.13. The summed E-state index contributed by atoms with van der Waals surface area (Å²) in [5.41, 5.74) is 3.91. The van der Waals surface area contributed by atoms with Crippen LogP contribution < -0.4 is 0 Å². The van der Waals surface area contributed by atoms with Crippen molar-refractivity contribution in [3.05, 3.63) is 84.4 Å². The minimum atomic E-state index is 0.616. The van der Waals surface area contributed by atoms with Gasteiger partial charge in [-0.05, 0) is 51.2 Å². The third kappa shape index (κ3) is 2.33. The van der Waals surface area contributed by atoms with Gasteiger partial charge in [-0.25, -0.2) is 0 Å². The molecule has 2 heteroatoms. The Kier molecular flexibility index (Phi) is 3.51. The second-order valence-corrected chi connectivity index (χ2v) is 5.95. The van der Waals surface area contributed by atoms with Gasteiger partial charge in [0.2, 0.25) is 0 Å². The van der Waals surface area contributed by atoms with E-state index in [1.165, 1.54) is 27.1 Å². The molecule has 0 fully saturated rings. The van der Waals surface area contributed by atoms with Gasteiger partial charge in [0.25, 0.3) is 0 Å². The Bertz CT molecular complexity index is 1060. The maximum absolute atomic E-state index is 8.92. The molecule has 4 rings (SSSR count). The van der Waals surface area contributed by atoms with E-state index in [-0.39, 0.29) is 0 Å². The van der Waals surface area contributed by atoms with E-state index in [4.69, 9.17) is 5.21 Å². The molecule has 0 saturated carbocycles. The first kappa shape index (κ1) is 14.5. The van der Waals surface area contributed by atoms with Crippen LogP contribution in [0.2, 0.25) is 0 Å². The molecule has 4 aromatic rings. The second kappa shape index (κ2) is 5.82. The van der Waals surface area contributed by atoms with Crippen molar-refractivity contribution in [3.8, 4) is 11.1 Å². The van der Waals surface area contributed by atoms with E-state index in [2.05, 4.69) is 71.9 Å². The number of nitrogens with zero attached hydrogens (tertiary/aromatic N) is 1. The molecule has 0 unspecified atom stereocenters. The molecule has 0 atom stereocenters. The van der Waals surface area contributed by atoms with Crippen LogP contribution in [0.25, 0.3) is 32.7 Å². The lowest BCUT2D eigenvalue weighted by atomic mass is 9.93. The van der Waals surface area contributed by atoms with Crippen molar-refractivity contribution >= 4 is 27.3 Å². The highest BCUT2D eigenvalue weighted by molar-refractivity contribution is 6.13. The summed E-state index contributed by atoms with van der Waals surface area (Å²) in [5.74, 6) is 0. The summed E-state index contributed by atoms with van der Waals surface area (Å²) in [5, 5.41) is 17.2. The largest absolute Gasteiger partial charge is 0.411 e. The monoisotopic (exact) mass is 311 g/mol. The predicted molar refractivity (Wildman–Crippen MR) is 101 cm³/mol. The van der Waals surface area contributed by atoms with Crippen LogP contribution in [0.1, 0.15) is 12.5 Å². The maximum Gasteiger partial charge on any atom is 0.0836 e. The van der Waals surface area contributed by atoms with Gasteiger partial charge >= 0.3 is 0 Å². The molecule has 0 radical (unpaired) electrons. The first-order valence-electron chi connectivity index (χ1n) is 7.98. The molecule has 24 heavy (non-hydrogen) atoms. The van der Waals surface area contributed by atoms with Crippen LogP contribution in [0.4, 0.5) is 0 Å². The van der Waals surface area contributed by atoms with E-state index < -0.39 is 0 Å². The molecule has 116 valence electrons. The Morgan fingerprint density at radius 3 is 2.08 bits per heavy atom. The molecule has 0 spiro atoms. The van der Waals surface area contributed by atoms with Gasteiger partial charge in [-0.15, -0.1) is 0 Å². The van der Waals surface area contributed by atoms with E-state index >= 15 is 0 Å². The van der Waals surface area contributed by atoms with Crippen LogP contribution in [-0.2, 0) is 0 Å². The summed E-state index contributed by atoms with van der Waals surface area (Å²) < 4.78 is 0. The van der Waals surface area contributed by atoms with E-state index in [9.17, 15) is 0 Å². The van der Waals surface area contributed by atoms with E-state index in [1.54, 1.807) is 6.92 Å². The number of hydrogen-bond donors (Lipinski definition) is 1. The quantitative estimate of drug-likeness (QED) is 0.214. The van der Waals surface area contributed by atoms with Gasteiger partial charge in [-0.1, -0.05) is 78.0 Å². The van der Waals surface area contributed by atoms with Gasteiger partial charge in [0.05, 0.1) is 5.71 Å². The fraction of sp³-hybridized carbons (Fsp3) is 0.0455. The van der Waals surface area contributed by atoms with Gasteiger partial charge in [0, 0.05) is 0 Å².